The lowest BCUT2D eigenvalue weighted by Crippen LogP contribution is -2.24. The molecule has 0 aromatic carbocycles. The summed E-state index contributed by atoms with van der Waals surface area (Å²) in [6, 6.07) is 0. The fourth-order valence-corrected chi connectivity index (χ4v) is 10.00. The van der Waals surface area contributed by atoms with E-state index in [2.05, 4.69) is 20.8 Å². The Morgan fingerprint density at radius 2 is 1.10 bits per heavy atom. The van der Waals surface area contributed by atoms with Crippen LogP contribution in [-0.2, 0) is 0 Å². The van der Waals surface area contributed by atoms with E-state index in [1.165, 1.54) is 63.4 Å². The fourth-order valence-electron chi connectivity index (χ4n) is 3.93. The molecule has 0 aliphatic heterocycles. The van der Waals surface area contributed by atoms with Gasteiger partial charge in [0.05, 0.1) is 24.1 Å². The Kier molecular flexibility index (Phi) is 12.4. The Morgan fingerprint density at radius 1 is 0.700 bits per heavy atom. The third-order valence-corrected chi connectivity index (χ3v) is 10.9. The van der Waals surface area contributed by atoms with Crippen molar-refractivity contribution in [1.82, 2.24) is 0 Å². The predicted molar refractivity (Wildman–Crippen MR) is 104 cm³/mol. The molecule has 0 amide bonds. The van der Waals surface area contributed by atoms with E-state index in [1.54, 1.807) is 31.3 Å². The normalized spacial score (nSPS) is 16.9. The third-order valence-electron chi connectivity index (χ3n) is 5.22. The van der Waals surface area contributed by atoms with Crippen LogP contribution in [-0.4, -0.2) is 32.6 Å². The SMILES string of the molecule is CCCC[P+](CCCC)(CCCC)C1CCCCC1.[BH4-]. The molecule has 0 nitrogen and oxygen atoms in total. The number of unbranched alkanes of at least 4 members (excludes halogenated alkanes) is 3. The average molecular weight is 300 g/mol. The van der Waals surface area contributed by atoms with Crippen LogP contribution in [0.5, 0.6) is 0 Å². The molecule has 0 spiro atoms. The molecule has 1 rings (SSSR count). The molecule has 2 heteroatoms. The number of rotatable bonds is 10. The third kappa shape index (κ3) is 6.51. The highest BCUT2D eigenvalue weighted by atomic mass is 31.2. The van der Waals surface area contributed by atoms with Crippen molar-refractivity contribution in [2.75, 3.05) is 18.5 Å². The highest BCUT2D eigenvalue weighted by Crippen LogP contribution is 2.67. The average Bonchev–Trinajstić information content (AvgIpc) is 2.48. The molecule has 0 radical (unpaired) electrons. The molecule has 1 aliphatic carbocycles. The van der Waals surface area contributed by atoms with Crippen molar-refractivity contribution in [1.29, 1.82) is 0 Å². The minimum absolute atomic E-state index is 0. The molecule has 0 atom stereocenters. The van der Waals surface area contributed by atoms with Crippen molar-refractivity contribution >= 4 is 15.7 Å². The largest absolute Gasteiger partial charge is 0.0697 e. The zero-order valence-corrected chi connectivity index (χ0v) is 14.8. The number of hydrogen-bond acceptors (Lipinski definition) is 0. The highest BCUT2D eigenvalue weighted by molar-refractivity contribution is 7.76. The number of hydrogen-bond donors (Lipinski definition) is 0. The van der Waals surface area contributed by atoms with Gasteiger partial charge in [0.1, 0.15) is 0 Å². The second-order valence-electron chi connectivity index (χ2n) is 6.74. The Balaban J connectivity index is 0.00000361. The molecule has 0 saturated heterocycles. The minimum atomic E-state index is -0.621. The van der Waals surface area contributed by atoms with Gasteiger partial charge in [0.25, 0.3) is 0 Å². The predicted octanol–water partition coefficient (Wildman–Crippen LogP) is 5.29. The summed E-state index contributed by atoms with van der Waals surface area (Å²) < 4.78 is 0. The zero-order chi connectivity index (χ0) is 14.0. The van der Waals surface area contributed by atoms with Gasteiger partial charge in [0, 0.05) is 7.26 Å². The molecule has 1 aliphatic rings. The Hall–Kier alpha value is 0.495. The minimum Gasteiger partial charge on any atom is -0.0652 e. The van der Waals surface area contributed by atoms with E-state index in [9.17, 15) is 0 Å². The monoisotopic (exact) mass is 300 g/mol. The first kappa shape index (κ1) is 20.5. The second-order valence-corrected chi connectivity index (χ2v) is 11.3. The van der Waals surface area contributed by atoms with Crippen LogP contribution in [0.2, 0.25) is 0 Å². The maximum Gasteiger partial charge on any atom is 0.0697 e. The molecule has 0 heterocycles. The van der Waals surface area contributed by atoms with Crippen LogP contribution >= 0.6 is 7.26 Å². The van der Waals surface area contributed by atoms with Gasteiger partial charge in [-0.05, 0) is 44.9 Å². The van der Waals surface area contributed by atoms with Gasteiger partial charge in [-0.3, -0.25) is 0 Å². The van der Waals surface area contributed by atoms with Gasteiger partial charge in [-0.15, -0.1) is 0 Å². The van der Waals surface area contributed by atoms with E-state index in [1.807, 2.05) is 0 Å². The van der Waals surface area contributed by atoms with E-state index in [0.717, 1.165) is 0 Å². The first-order chi connectivity index (χ1) is 9.29. The van der Waals surface area contributed by atoms with Crippen LogP contribution in [0.3, 0.4) is 0 Å². The smallest absolute Gasteiger partial charge is 0.0652 e. The molecule has 1 saturated carbocycles. The van der Waals surface area contributed by atoms with E-state index in [4.69, 9.17) is 0 Å². The van der Waals surface area contributed by atoms with Gasteiger partial charge in [-0.2, -0.15) is 0 Å². The summed E-state index contributed by atoms with van der Waals surface area (Å²) in [5.41, 5.74) is 1.17. The summed E-state index contributed by atoms with van der Waals surface area (Å²) in [6.45, 7) is 7.15. The van der Waals surface area contributed by atoms with Gasteiger partial charge >= 0.3 is 0 Å². The van der Waals surface area contributed by atoms with Crippen molar-refractivity contribution in [3.63, 3.8) is 0 Å². The summed E-state index contributed by atoms with van der Waals surface area (Å²) in [5, 5.41) is 0. The van der Waals surface area contributed by atoms with Crippen LogP contribution in [0.25, 0.3) is 0 Å². The first-order valence-electron chi connectivity index (χ1n) is 9.14. The Labute approximate surface area is 131 Å². The van der Waals surface area contributed by atoms with E-state index in [0.29, 0.717) is 0 Å². The lowest BCUT2D eigenvalue weighted by Gasteiger charge is -2.37. The standard InChI is InChI=1S/C18H38P.BH4/c1-4-7-15-19(16-8-5-2,17-9-6-3)18-13-11-10-12-14-18;/h18H,4-17H2,1-3H3;1H4/q+1;-1. The highest BCUT2D eigenvalue weighted by Gasteiger charge is 2.43. The summed E-state index contributed by atoms with van der Waals surface area (Å²) >= 11 is 0. The molecular formula is C18H42BP. The molecule has 0 aromatic heterocycles. The molecule has 0 N–H and O–H groups in total. The van der Waals surface area contributed by atoms with Crippen LogP contribution in [0.15, 0.2) is 0 Å². The summed E-state index contributed by atoms with van der Waals surface area (Å²) in [6.07, 6.45) is 21.4. The van der Waals surface area contributed by atoms with Gasteiger partial charge in [-0.1, -0.05) is 54.9 Å². The molecule has 0 bridgehead atoms. The first-order valence-corrected chi connectivity index (χ1v) is 11.6. The van der Waals surface area contributed by atoms with Crippen molar-refractivity contribution in [3.05, 3.63) is 0 Å². The van der Waals surface area contributed by atoms with Crippen LogP contribution in [0, 0.1) is 0 Å². The van der Waals surface area contributed by atoms with E-state index < -0.39 is 7.26 Å². The lowest BCUT2D eigenvalue weighted by molar-refractivity contribution is 0.504. The zero-order valence-electron chi connectivity index (χ0n) is 13.9. The quantitative estimate of drug-likeness (QED) is 0.380. The van der Waals surface area contributed by atoms with Gasteiger partial charge < -0.3 is 0 Å². The fraction of sp³-hybridized carbons (Fsp3) is 1.00. The molecular weight excluding hydrogens is 258 g/mol. The topological polar surface area (TPSA) is 0 Å². The Morgan fingerprint density at radius 3 is 1.45 bits per heavy atom. The van der Waals surface area contributed by atoms with E-state index in [-0.39, 0.29) is 8.41 Å². The van der Waals surface area contributed by atoms with Crippen molar-refractivity contribution in [3.8, 4) is 0 Å². The molecule has 1 fully saturated rings. The molecule has 0 aromatic rings. The van der Waals surface area contributed by atoms with Crippen LogP contribution < -0.4 is 0 Å². The van der Waals surface area contributed by atoms with Gasteiger partial charge in [0.15, 0.2) is 0 Å². The van der Waals surface area contributed by atoms with Crippen LogP contribution in [0.4, 0.5) is 0 Å². The van der Waals surface area contributed by atoms with Crippen LogP contribution in [0.1, 0.15) is 91.4 Å². The molecule has 20 heavy (non-hydrogen) atoms. The summed E-state index contributed by atoms with van der Waals surface area (Å²) in [5.74, 6) is 0. The maximum atomic E-state index is 2.38. The molecule has 122 valence electrons. The van der Waals surface area contributed by atoms with E-state index >= 15 is 0 Å². The molecule has 0 unspecified atom stereocenters. The maximum absolute atomic E-state index is 2.38. The summed E-state index contributed by atoms with van der Waals surface area (Å²) in [4.78, 5) is 0. The van der Waals surface area contributed by atoms with Gasteiger partial charge in [-0.25, -0.2) is 0 Å². The van der Waals surface area contributed by atoms with Crippen molar-refractivity contribution in [2.45, 2.75) is 97.1 Å². The Bertz CT molecular complexity index is 190. The van der Waals surface area contributed by atoms with Crippen molar-refractivity contribution < 1.29 is 0 Å². The second kappa shape index (κ2) is 12.1. The van der Waals surface area contributed by atoms with Gasteiger partial charge in [0.2, 0.25) is 0 Å². The summed E-state index contributed by atoms with van der Waals surface area (Å²) in [7, 11) is -0.621. The lowest BCUT2D eigenvalue weighted by atomic mass is 10.0. The van der Waals surface area contributed by atoms with Crippen molar-refractivity contribution in [2.24, 2.45) is 0 Å².